The van der Waals surface area contributed by atoms with Gasteiger partial charge in [-0.2, -0.15) is 0 Å². The molecule has 2 rings (SSSR count). The number of rotatable bonds is 10. The Balaban J connectivity index is 2.17. The fraction of sp³-hybridized carbons (Fsp3) is 0.478. The molecule has 0 aromatic heterocycles. The van der Waals surface area contributed by atoms with Crippen LogP contribution in [0.2, 0.25) is 0 Å². The lowest BCUT2D eigenvalue weighted by Gasteiger charge is -2.16. The zero-order valence-electron chi connectivity index (χ0n) is 16.7. The number of halogens is 1. The van der Waals surface area contributed by atoms with Gasteiger partial charge in [0.15, 0.2) is 0 Å². The molecular formula is C23H31FO2S. The molecular weight excluding hydrogens is 359 g/mol. The number of hydrogen-bond acceptors (Lipinski definition) is 2. The highest BCUT2D eigenvalue weighted by Gasteiger charge is 2.22. The molecule has 0 heterocycles. The fourth-order valence-electron chi connectivity index (χ4n) is 3.70. The van der Waals surface area contributed by atoms with Crippen LogP contribution < -0.4 is 0 Å². The lowest BCUT2D eigenvalue weighted by Crippen LogP contribution is -2.06. The van der Waals surface area contributed by atoms with Gasteiger partial charge in [0.2, 0.25) is 9.84 Å². The monoisotopic (exact) mass is 390 g/mol. The molecule has 0 spiro atoms. The summed E-state index contributed by atoms with van der Waals surface area (Å²) in [6.45, 7) is 6.46. The third kappa shape index (κ3) is 5.65. The standard InChI is InChI=1S/C23H31FO2S/c1-4-9-19(10-5-2)11-8-12-20-17-21(16-15-18(20)3)27(25,26)23-14-7-6-13-22(23)24/h6-7,13-17,19H,4-5,8-12H2,1-3H3. The zero-order valence-corrected chi connectivity index (χ0v) is 17.5. The van der Waals surface area contributed by atoms with E-state index in [1.165, 1.54) is 50.3 Å². The van der Waals surface area contributed by atoms with Gasteiger partial charge in [-0.1, -0.05) is 64.2 Å². The Morgan fingerprint density at radius 3 is 2.26 bits per heavy atom. The van der Waals surface area contributed by atoms with Gasteiger partial charge in [0.25, 0.3) is 0 Å². The molecule has 2 nitrogen and oxygen atoms in total. The topological polar surface area (TPSA) is 34.1 Å². The van der Waals surface area contributed by atoms with Crippen LogP contribution in [0.5, 0.6) is 0 Å². The lowest BCUT2D eigenvalue weighted by atomic mass is 9.91. The molecule has 0 saturated heterocycles. The van der Waals surface area contributed by atoms with Gasteiger partial charge in [-0.15, -0.1) is 0 Å². The molecule has 0 aliphatic heterocycles. The molecule has 0 amide bonds. The van der Waals surface area contributed by atoms with Crippen molar-refractivity contribution in [2.45, 2.75) is 75.5 Å². The Bertz CT molecular complexity index is 837. The zero-order chi connectivity index (χ0) is 19.9. The van der Waals surface area contributed by atoms with Gasteiger partial charge >= 0.3 is 0 Å². The average Bonchev–Trinajstić information content (AvgIpc) is 2.63. The molecule has 0 unspecified atom stereocenters. The summed E-state index contributed by atoms with van der Waals surface area (Å²) >= 11 is 0. The summed E-state index contributed by atoms with van der Waals surface area (Å²) < 4.78 is 39.7. The molecule has 27 heavy (non-hydrogen) atoms. The van der Waals surface area contributed by atoms with Crippen LogP contribution >= 0.6 is 0 Å². The van der Waals surface area contributed by atoms with Crippen LogP contribution in [0.4, 0.5) is 4.39 Å². The molecule has 148 valence electrons. The largest absolute Gasteiger partial charge is 0.218 e. The predicted molar refractivity (Wildman–Crippen MR) is 109 cm³/mol. The van der Waals surface area contributed by atoms with E-state index in [1.54, 1.807) is 18.2 Å². The first kappa shape index (κ1) is 21.6. The van der Waals surface area contributed by atoms with E-state index in [-0.39, 0.29) is 9.79 Å². The first-order chi connectivity index (χ1) is 12.9. The van der Waals surface area contributed by atoms with Crippen LogP contribution in [0, 0.1) is 18.7 Å². The number of aryl methyl sites for hydroxylation is 2. The molecule has 0 N–H and O–H groups in total. The molecule has 0 bridgehead atoms. The highest BCUT2D eigenvalue weighted by Crippen LogP contribution is 2.27. The maximum atomic E-state index is 14.0. The van der Waals surface area contributed by atoms with Gasteiger partial charge in [-0.25, -0.2) is 12.8 Å². The minimum atomic E-state index is -3.84. The summed E-state index contributed by atoms with van der Waals surface area (Å²) in [4.78, 5) is -0.0855. The van der Waals surface area contributed by atoms with Gasteiger partial charge in [-0.3, -0.25) is 0 Å². The Kier molecular flexibility index (Phi) is 8.03. The number of hydrogen-bond donors (Lipinski definition) is 0. The van der Waals surface area contributed by atoms with Crippen molar-refractivity contribution in [1.29, 1.82) is 0 Å². The average molecular weight is 391 g/mol. The van der Waals surface area contributed by atoms with Crippen molar-refractivity contribution in [2.75, 3.05) is 0 Å². The summed E-state index contributed by atoms with van der Waals surface area (Å²) in [5.41, 5.74) is 2.13. The maximum absolute atomic E-state index is 14.0. The molecule has 2 aromatic rings. The van der Waals surface area contributed by atoms with Crippen molar-refractivity contribution < 1.29 is 12.8 Å². The molecule has 0 radical (unpaired) electrons. The minimum absolute atomic E-state index is 0.173. The van der Waals surface area contributed by atoms with Crippen LogP contribution in [0.1, 0.15) is 63.5 Å². The number of benzene rings is 2. The second kappa shape index (κ2) is 10.0. The third-order valence-corrected chi connectivity index (χ3v) is 6.99. The van der Waals surface area contributed by atoms with E-state index in [0.29, 0.717) is 0 Å². The lowest BCUT2D eigenvalue weighted by molar-refractivity contribution is 0.400. The second-order valence-corrected chi connectivity index (χ2v) is 9.28. The van der Waals surface area contributed by atoms with Crippen molar-refractivity contribution in [3.63, 3.8) is 0 Å². The highest BCUT2D eigenvalue weighted by atomic mass is 32.2. The van der Waals surface area contributed by atoms with E-state index < -0.39 is 15.7 Å². The molecule has 0 fully saturated rings. The fourth-order valence-corrected chi connectivity index (χ4v) is 5.09. The van der Waals surface area contributed by atoms with E-state index in [2.05, 4.69) is 13.8 Å². The molecule has 2 aromatic carbocycles. The molecule has 0 atom stereocenters. The van der Waals surface area contributed by atoms with E-state index in [1.807, 2.05) is 13.0 Å². The summed E-state index contributed by atoms with van der Waals surface area (Å²) in [5.74, 6) is 0.0484. The summed E-state index contributed by atoms with van der Waals surface area (Å²) in [5, 5.41) is 0. The molecule has 0 aliphatic rings. The third-order valence-electron chi connectivity index (χ3n) is 5.21. The van der Waals surface area contributed by atoms with Gasteiger partial charge < -0.3 is 0 Å². The van der Waals surface area contributed by atoms with E-state index in [9.17, 15) is 12.8 Å². The van der Waals surface area contributed by atoms with E-state index >= 15 is 0 Å². The van der Waals surface area contributed by atoms with Crippen LogP contribution in [0.15, 0.2) is 52.3 Å². The predicted octanol–water partition coefficient (Wildman–Crippen LogP) is 6.51. The van der Waals surface area contributed by atoms with Gasteiger partial charge in [0.1, 0.15) is 10.7 Å². The maximum Gasteiger partial charge on any atom is 0.209 e. The number of sulfone groups is 1. The van der Waals surface area contributed by atoms with Crippen LogP contribution in [0.25, 0.3) is 0 Å². The minimum Gasteiger partial charge on any atom is -0.218 e. The van der Waals surface area contributed by atoms with Crippen LogP contribution in [-0.4, -0.2) is 8.42 Å². The van der Waals surface area contributed by atoms with Crippen LogP contribution in [-0.2, 0) is 16.3 Å². The van der Waals surface area contributed by atoms with Crippen molar-refractivity contribution in [3.8, 4) is 0 Å². The van der Waals surface area contributed by atoms with Gasteiger partial charge in [0, 0.05) is 0 Å². The Labute approximate surface area is 163 Å². The molecule has 0 aliphatic carbocycles. The summed E-state index contributed by atoms with van der Waals surface area (Å²) in [6, 6.07) is 10.7. The molecule has 0 saturated carbocycles. The molecule has 4 heteroatoms. The smallest absolute Gasteiger partial charge is 0.209 e. The van der Waals surface area contributed by atoms with Crippen molar-refractivity contribution in [2.24, 2.45) is 5.92 Å². The Morgan fingerprint density at radius 2 is 1.63 bits per heavy atom. The first-order valence-corrected chi connectivity index (χ1v) is 11.5. The van der Waals surface area contributed by atoms with E-state index in [4.69, 9.17) is 0 Å². The summed E-state index contributed by atoms with van der Waals surface area (Å²) in [6.07, 6.45) is 8.01. The van der Waals surface area contributed by atoms with Crippen molar-refractivity contribution in [1.82, 2.24) is 0 Å². The quantitative estimate of drug-likeness (QED) is 0.463. The van der Waals surface area contributed by atoms with Gasteiger partial charge in [-0.05, 0) is 61.1 Å². The van der Waals surface area contributed by atoms with Gasteiger partial charge in [0.05, 0.1) is 4.90 Å². The van der Waals surface area contributed by atoms with Crippen LogP contribution in [0.3, 0.4) is 0 Å². The van der Waals surface area contributed by atoms with E-state index in [0.717, 1.165) is 29.9 Å². The Morgan fingerprint density at radius 1 is 0.963 bits per heavy atom. The first-order valence-electron chi connectivity index (χ1n) is 9.99. The highest BCUT2D eigenvalue weighted by molar-refractivity contribution is 7.91. The van der Waals surface area contributed by atoms with Crippen molar-refractivity contribution in [3.05, 3.63) is 59.4 Å². The summed E-state index contributed by atoms with van der Waals surface area (Å²) in [7, 11) is -3.84. The Hall–Kier alpha value is -1.68. The second-order valence-electron chi connectivity index (χ2n) is 7.36. The normalized spacial score (nSPS) is 11.9. The van der Waals surface area contributed by atoms with Crippen molar-refractivity contribution >= 4 is 9.84 Å². The SMILES string of the molecule is CCCC(CCC)CCCc1cc(S(=O)(=O)c2ccccc2F)ccc1C.